The molecule has 1 fully saturated rings. The Bertz CT molecular complexity index is 332. The fraction of sp³-hybridized carbons (Fsp3) is 1.00. The van der Waals surface area contributed by atoms with Crippen LogP contribution in [0.2, 0.25) is 0 Å². The Balaban J connectivity index is 0.00000361. The van der Waals surface area contributed by atoms with Crippen LogP contribution in [0, 0.1) is 0 Å². The van der Waals surface area contributed by atoms with Gasteiger partial charge < -0.3 is 15.2 Å². The fourth-order valence-electron chi connectivity index (χ4n) is 2.13. The predicted molar refractivity (Wildman–Crippen MR) is 81.7 cm³/mol. The molecule has 1 heterocycles. The summed E-state index contributed by atoms with van der Waals surface area (Å²) in [6, 6.07) is 0. The summed E-state index contributed by atoms with van der Waals surface area (Å²) in [5.74, 6) is 0.166. The molecule has 0 spiro atoms. The first kappa shape index (κ1) is 20.1. The van der Waals surface area contributed by atoms with Crippen LogP contribution in [0.5, 0.6) is 0 Å². The zero-order valence-corrected chi connectivity index (χ0v) is 13.8. The van der Waals surface area contributed by atoms with Gasteiger partial charge in [-0.05, 0) is 32.2 Å². The van der Waals surface area contributed by atoms with Crippen LogP contribution in [0.1, 0.15) is 25.7 Å². The van der Waals surface area contributed by atoms with E-state index in [-0.39, 0.29) is 24.3 Å². The topological polar surface area (TPSA) is 81.9 Å². The summed E-state index contributed by atoms with van der Waals surface area (Å²) in [5.41, 5.74) is 5.40. The highest BCUT2D eigenvalue weighted by molar-refractivity contribution is 7.89. The number of nitrogens with two attached hydrogens (primary N) is 1. The number of ether oxygens (including phenoxy) is 2. The Morgan fingerprint density at radius 1 is 1.20 bits per heavy atom. The molecule has 0 radical (unpaired) electrons. The first-order chi connectivity index (χ1) is 9.10. The third-order valence-electron chi connectivity index (χ3n) is 3.25. The van der Waals surface area contributed by atoms with Crippen LogP contribution in [-0.4, -0.2) is 64.5 Å². The van der Waals surface area contributed by atoms with E-state index in [4.69, 9.17) is 15.2 Å². The second-order valence-electron chi connectivity index (χ2n) is 4.77. The van der Waals surface area contributed by atoms with Crippen molar-refractivity contribution < 1.29 is 17.9 Å². The van der Waals surface area contributed by atoms with E-state index in [0.29, 0.717) is 39.3 Å². The van der Waals surface area contributed by atoms with Gasteiger partial charge in [0.1, 0.15) is 0 Å². The van der Waals surface area contributed by atoms with Crippen molar-refractivity contribution in [3.8, 4) is 0 Å². The van der Waals surface area contributed by atoms with Crippen molar-refractivity contribution in [3.63, 3.8) is 0 Å². The molecular weight excluding hydrogens is 304 g/mol. The van der Waals surface area contributed by atoms with Crippen molar-refractivity contribution in [1.29, 1.82) is 0 Å². The molecule has 0 unspecified atom stereocenters. The first-order valence-electron chi connectivity index (χ1n) is 6.88. The fourth-order valence-corrected chi connectivity index (χ4v) is 3.63. The number of rotatable bonds is 9. The number of methoxy groups -OCH3 is 1. The van der Waals surface area contributed by atoms with E-state index in [2.05, 4.69) is 0 Å². The molecule has 6 nitrogen and oxygen atoms in total. The Kier molecular flexibility index (Phi) is 10.8. The summed E-state index contributed by atoms with van der Waals surface area (Å²) in [7, 11) is -1.55. The quantitative estimate of drug-likeness (QED) is 0.626. The van der Waals surface area contributed by atoms with E-state index >= 15 is 0 Å². The van der Waals surface area contributed by atoms with E-state index in [1.807, 2.05) is 0 Å². The van der Waals surface area contributed by atoms with Gasteiger partial charge in [-0.1, -0.05) is 0 Å². The lowest BCUT2D eigenvalue weighted by molar-refractivity contribution is 0.0208. The summed E-state index contributed by atoms with van der Waals surface area (Å²) in [6.45, 7) is 2.90. The highest BCUT2D eigenvalue weighted by Gasteiger charge is 2.27. The second kappa shape index (κ2) is 10.8. The summed E-state index contributed by atoms with van der Waals surface area (Å²) < 4.78 is 36.2. The Hall–Kier alpha value is 0.0800. The van der Waals surface area contributed by atoms with E-state index < -0.39 is 10.0 Å². The van der Waals surface area contributed by atoms with Gasteiger partial charge in [-0.2, -0.15) is 0 Å². The molecule has 1 aliphatic rings. The van der Waals surface area contributed by atoms with E-state index in [9.17, 15) is 8.42 Å². The van der Waals surface area contributed by atoms with Gasteiger partial charge in [0.2, 0.25) is 10.0 Å². The minimum Gasteiger partial charge on any atom is -0.385 e. The van der Waals surface area contributed by atoms with Gasteiger partial charge in [0.05, 0.1) is 11.9 Å². The molecule has 20 heavy (non-hydrogen) atoms. The molecule has 1 saturated heterocycles. The smallest absolute Gasteiger partial charge is 0.214 e. The number of hydrogen-bond acceptors (Lipinski definition) is 5. The van der Waals surface area contributed by atoms with Gasteiger partial charge in [-0.3, -0.25) is 0 Å². The maximum Gasteiger partial charge on any atom is 0.214 e. The van der Waals surface area contributed by atoms with Crippen LogP contribution in [0.3, 0.4) is 0 Å². The zero-order chi connectivity index (χ0) is 14.1. The van der Waals surface area contributed by atoms with Gasteiger partial charge in [0.15, 0.2) is 0 Å². The predicted octanol–water partition coefficient (Wildman–Crippen LogP) is 0.604. The van der Waals surface area contributed by atoms with Crippen molar-refractivity contribution in [3.05, 3.63) is 0 Å². The molecule has 2 N–H and O–H groups in total. The molecule has 0 atom stereocenters. The number of sulfonamides is 1. The largest absolute Gasteiger partial charge is 0.385 e. The van der Waals surface area contributed by atoms with Crippen LogP contribution in [0.15, 0.2) is 0 Å². The SMILES string of the molecule is COCCCS(=O)(=O)N1CCC(OCCCN)CC1.Cl. The Morgan fingerprint density at radius 3 is 2.40 bits per heavy atom. The van der Waals surface area contributed by atoms with Crippen LogP contribution >= 0.6 is 12.4 Å². The Labute approximate surface area is 128 Å². The molecule has 0 aromatic rings. The highest BCUT2D eigenvalue weighted by atomic mass is 35.5. The van der Waals surface area contributed by atoms with E-state index in [0.717, 1.165) is 19.3 Å². The summed E-state index contributed by atoms with van der Waals surface area (Å²) in [4.78, 5) is 0. The van der Waals surface area contributed by atoms with Crippen molar-refractivity contribution in [2.45, 2.75) is 31.8 Å². The van der Waals surface area contributed by atoms with Crippen LogP contribution in [0.4, 0.5) is 0 Å². The second-order valence-corrected chi connectivity index (χ2v) is 6.86. The lowest BCUT2D eigenvalue weighted by atomic mass is 10.1. The monoisotopic (exact) mass is 330 g/mol. The maximum atomic E-state index is 12.0. The van der Waals surface area contributed by atoms with Crippen molar-refractivity contribution in [1.82, 2.24) is 4.31 Å². The molecule has 8 heteroatoms. The summed E-state index contributed by atoms with van der Waals surface area (Å²) >= 11 is 0. The lowest BCUT2D eigenvalue weighted by Gasteiger charge is -2.31. The van der Waals surface area contributed by atoms with Crippen LogP contribution in [0.25, 0.3) is 0 Å². The maximum absolute atomic E-state index is 12.0. The normalized spacial score (nSPS) is 17.9. The third kappa shape index (κ3) is 7.19. The summed E-state index contributed by atoms with van der Waals surface area (Å²) in [6.07, 6.45) is 3.13. The molecule has 0 aromatic heterocycles. The first-order valence-corrected chi connectivity index (χ1v) is 8.49. The molecule has 0 saturated carbocycles. The van der Waals surface area contributed by atoms with E-state index in [1.54, 1.807) is 11.4 Å². The molecule has 0 amide bonds. The molecule has 0 aliphatic carbocycles. The lowest BCUT2D eigenvalue weighted by Crippen LogP contribution is -2.42. The number of nitrogens with zero attached hydrogens (tertiary/aromatic N) is 1. The van der Waals surface area contributed by atoms with Crippen LogP contribution in [-0.2, 0) is 19.5 Å². The van der Waals surface area contributed by atoms with E-state index in [1.165, 1.54) is 0 Å². The number of hydrogen-bond donors (Lipinski definition) is 1. The molecule has 122 valence electrons. The van der Waals surface area contributed by atoms with Gasteiger partial charge >= 0.3 is 0 Å². The molecule has 0 aromatic carbocycles. The molecular formula is C12H27ClN2O4S. The van der Waals surface area contributed by atoms with Crippen molar-refractivity contribution >= 4 is 22.4 Å². The molecule has 1 rings (SSSR count). The van der Waals surface area contributed by atoms with Crippen molar-refractivity contribution in [2.24, 2.45) is 5.73 Å². The third-order valence-corrected chi connectivity index (χ3v) is 5.20. The number of piperidine rings is 1. The average Bonchev–Trinajstić information content (AvgIpc) is 2.40. The zero-order valence-electron chi connectivity index (χ0n) is 12.1. The molecule has 1 aliphatic heterocycles. The van der Waals surface area contributed by atoms with Gasteiger partial charge in [-0.25, -0.2) is 12.7 Å². The van der Waals surface area contributed by atoms with Crippen LogP contribution < -0.4 is 5.73 Å². The van der Waals surface area contributed by atoms with Gasteiger partial charge in [0.25, 0.3) is 0 Å². The van der Waals surface area contributed by atoms with Crippen molar-refractivity contribution in [2.75, 3.05) is 45.7 Å². The summed E-state index contributed by atoms with van der Waals surface area (Å²) in [5, 5.41) is 0. The average molecular weight is 331 g/mol. The standard InChI is InChI=1S/C12H26N2O4S.ClH/c1-17-9-3-11-19(15,16)14-7-4-12(5-8-14)18-10-2-6-13;/h12H,2-11,13H2,1H3;1H. The molecule has 0 bridgehead atoms. The highest BCUT2D eigenvalue weighted by Crippen LogP contribution is 2.17. The Morgan fingerprint density at radius 2 is 1.85 bits per heavy atom. The van der Waals surface area contributed by atoms with Gasteiger partial charge in [0, 0.05) is 33.4 Å². The minimum absolute atomic E-state index is 0. The minimum atomic E-state index is -3.13. The number of halogens is 1. The van der Waals surface area contributed by atoms with Gasteiger partial charge in [-0.15, -0.1) is 12.4 Å².